The Morgan fingerprint density at radius 2 is 1.83 bits per heavy atom. The van der Waals surface area contributed by atoms with Crippen molar-refractivity contribution in [2.24, 2.45) is 0 Å². The molecule has 1 aliphatic heterocycles. The third-order valence-electron chi connectivity index (χ3n) is 4.29. The highest BCUT2D eigenvalue weighted by molar-refractivity contribution is 7.87. The summed E-state index contributed by atoms with van der Waals surface area (Å²) in [6.45, 7) is 2.53. The number of anilines is 3. The summed E-state index contributed by atoms with van der Waals surface area (Å²) in [4.78, 5) is -0.0355. The van der Waals surface area contributed by atoms with Crippen LogP contribution in [0, 0.1) is 0 Å². The molecule has 1 aliphatic rings. The fourth-order valence-corrected chi connectivity index (χ4v) is 4.26. The molecule has 4 N–H and O–H groups in total. The number of unbranched alkanes of at least 4 members (excludes halogenated alkanes) is 1. The number of nitrogen functional groups attached to an aromatic ring is 1. The van der Waals surface area contributed by atoms with Crippen molar-refractivity contribution in [2.75, 3.05) is 22.5 Å². The topological polar surface area (TPSA) is 95.7 Å². The van der Waals surface area contributed by atoms with E-state index >= 15 is 0 Å². The van der Waals surface area contributed by atoms with E-state index in [1.165, 1.54) is 0 Å². The van der Waals surface area contributed by atoms with Crippen LogP contribution >= 0.6 is 0 Å². The molecule has 0 saturated carbocycles. The Bertz CT molecular complexity index is 836. The number of hydrogen-bond acceptors (Lipinski definition) is 5. The van der Waals surface area contributed by atoms with E-state index < -0.39 is 15.1 Å². The molecule has 0 radical (unpaired) electrons. The molecule has 0 bridgehead atoms. The number of nitrogens with zero attached hydrogens (tertiary/aromatic N) is 1. The molecule has 0 amide bonds. The standard InChI is InChI=1S/C17H21N3O3S/c1-2-3-12-20-16-7-5-4-6-15(16)19-17(20,24(21,22)23)13-8-10-14(18)11-9-13/h4-11,19H,2-3,12,18H2,1H3,(H,21,22,23)/t17-/m1/s1. The zero-order valence-corrected chi connectivity index (χ0v) is 14.3. The molecule has 2 aromatic rings. The minimum Gasteiger partial charge on any atom is -0.399 e. The Kier molecular flexibility index (Phi) is 4.15. The fraction of sp³-hybridized carbons (Fsp3) is 0.294. The van der Waals surface area contributed by atoms with Crippen molar-refractivity contribution in [3.63, 3.8) is 0 Å². The Balaban J connectivity index is 2.23. The number of para-hydroxylation sites is 2. The van der Waals surface area contributed by atoms with Gasteiger partial charge in [0.15, 0.2) is 0 Å². The molecule has 6 nitrogen and oxygen atoms in total. The maximum Gasteiger partial charge on any atom is 0.313 e. The molecule has 2 aromatic carbocycles. The summed E-state index contributed by atoms with van der Waals surface area (Å²) >= 11 is 0. The van der Waals surface area contributed by atoms with Crippen molar-refractivity contribution in [1.82, 2.24) is 0 Å². The Hall–Kier alpha value is -2.25. The molecule has 0 aliphatic carbocycles. The third-order valence-corrected chi connectivity index (χ3v) is 5.59. The smallest absolute Gasteiger partial charge is 0.313 e. The molecular weight excluding hydrogens is 326 g/mol. The summed E-state index contributed by atoms with van der Waals surface area (Å²) in [6.07, 6.45) is 1.70. The Labute approximate surface area is 142 Å². The van der Waals surface area contributed by atoms with Crippen LogP contribution in [0.2, 0.25) is 0 Å². The Morgan fingerprint density at radius 3 is 2.46 bits per heavy atom. The van der Waals surface area contributed by atoms with Crippen molar-refractivity contribution in [3.05, 3.63) is 54.1 Å². The highest BCUT2D eigenvalue weighted by atomic mass is 32.2. The second kappa shape index (κ2) is 5.99. The summed E-state index contributed by atoms with van der Waals surface area (Å²) < 4.78 is 35.2. The Morgan fingerprint density at radius 1 is 1.17 bits per heavy atom. The number of hydrogen-bond donors (Lipinski definition) is 3. The largest absolute Gasteiger partial charge is 0.399 e. The van der Waals surface area contributed by atoms with Gasteiger partial charge in [-0.05, 0) is 30.7 Å². The predicted octanol–water partition coefficient (Wildman–Crippen LogP) is 3.00. The summed E-state index contributed by atoms with van der Waals surface area (Å²) in [5.74, 6) is 0. The molecule has 1 atom stereocenters. The number of fused-ring (bicyclic) bond motifs is 1. The SMILES string of the molecule is CCCCN1c2ccccc2N[C@@]1(c1ccc(N)cc1)S(=O)(=O)O. The fourth-order valence-electron chi connectivity index (χ4n) is 3.12. The molecule has 0 spiro atoms. The van der Waals surface area contributed by atoms with E-state index in [1.54, 1.807) is 35.2 Å². The van der Waals surface area contributed by atoms with E-state index in [4.69, 9.17) is 5.73 Å². The first kappa shape index (κ1) is 16.6. The van der Waals surface area contributed by atoms with Gasteiger partial charge in [-0.2, -0.15) is 8.42 Å². The molecule has 0 unspecified atom stereocenters. The lowest BCUT2D eigenvalue weighted by Crippen LogP contribution is -2.54. The predicted molar refractivity (Wildman–Crippen MR) is 96.4 cm³/mol. The van der Waals surface area contributed by atoms with E-state index in [0.29, 0.717) is 23.5 Å². The third kappa shape index (κ3) is 2.50. The molecule has 24 heavy (non-hydrogen) atoms. The van der Waals surface area contributed by atoms with Crippen LogP contribution in [-0.4, -0.2) is 19.5 Å². The average molecular weight is 347 g/mol. The van der Waals surface area contributed by atoms with Gasteiger partial charge in [0.05, 0.1) is 11.4 Å². The van der Waals surface area contributed by atoms with E-state index in [-0.39, 0.29) is 0 Å². The van der Waals surface area contributed by atoms with Gasteiger partial charge in [-0.3, -0.25) is 4.55 Å². The van der Waals surface area contributed by atoms with Crippen LogP contribution in [0.15, 0.2) is 48.5 Å². The van der Waals surface area contributed by atoms with E-state index in [9.17, 15) is 13.0 Å². The minimum absolute atomic E-state index is 0.423. The minimum atomic E-state index is -4.50. The first-order valence-electron chi connectivity index (χ1n) is 7.88. The maximum absolute atomic E-state index is 12.5. The van der Waals surface area contributed by atoms with Crippen molar-refractivity contribution >= 4 is 27.2 Å². The summed E-state index contributed by atoms with van der Waals surface area (Å²) in [5, 5.41) is 3.03. The van der Waals surface area contributed by atoms with Gasteiger partial charge in [0, 0.05) is 17.8 Å². The molecule has 1 heterocycles. The summed E-state index contributed by atoms with van der Waals surface area (Å²) in [6, 6.07) is 13.8. The van der Waals surface area contributed by atoms with Gasteiger partial charge in [0.1, 0.15) is 0 Å². The van der Waals surface area contributed by atoms with E-state index in [1.807, 2.05) is 25.1 Å². The van der Waals surface area contributed by atoms with Gasteiger partial charge in [-0.1, -0.05) is 37.6 Å². The second-order valence-electron chi connectivity index (χ2n) is 5.89. The monoisotopic (exact) mass is 347 g/mol. The highest BCUT2D eigenvalue weighted by Gasteiger charge is 2.54. The van der Waals surface area contributed by atoms with Gasteiger partial charge >= 0.3 is 10.1 Å². The average Bonchev–Trinajstić information content (AvgIpc) is 2.89. The maximum atomic E-state index is 12.5. The van der Waals surface area contributed by atoms with Gasteiger partial charge in [0.2, 0.25) is 0 Å². The van der Waals surface area contributed by atoms with Crippen LogP contribution in [0.3, 0.4) is 0 Å². The number of nitrogens with two attached hydrogens (primary N) is 1. The van der Waals surface area contributed by atoms with Crippen LogP contribution in [-0.2, 0) is 15.1 Å². The van der Waals surface area contributed by atoms with Crippen LogP contribution in [0.5, 0.6) is 0 Å². The summed E-state index contributed by atoms with van der Waals surface area (Å²) in [7, 11) is -4.50. The van der Waals surface area contributed by atoms with Crippen LogP contribution in [0.25, 0.3) is 0 Å². The van der Waals surface area contributed by atoms with E-state index in [0.717, 1.165) is 18.5 Å². The van der Waals surface area contributed by atoms with Crippen LogP contribution < -0.4 is 16.0 Å². The first-order chi connectivity index (χ1) is 11.4. The summed E-state index contributed by atoms with van der Waals surface area (Å²) in [5.41, 5.74) is 8.10. The lowest BCUT2D eigenvalue weighted by Gasteiger charge is -2.37. The lowest BCUT2D eigenvalue weighted by atomic mass is 10.1. The molecule has 128 valence electrons. The van der Waals surface area contributed by atoms with Gasteiger partial charge < -0.3 is 16.0 Å². The van der Waals surface area contributed by atoms with Crippen LogP contribution in [0.1, 0.15) is 25.3 Å². The zero-order chi connectivity index (χ0) is 17.4. The number of rotatable bonds is 5. The van der Waals surface area contributed by atoms with Gasteiger partial charge in [-0.25, -0.2) is 0 Å². The lowest BCUT2D eigenvalue weighted by molar-refractivity contribution is 0.434. The normalized spacial score (nSPS) is 19.8. The molecule has 3 rings (SSSR count). The quantitative estimate of drug-likeness (QED) is 0.568. The van der Waals surface area contributed by atoms with Crippen molar-refractivity contribution < 1.29 is 13.0 Å². The molecule has 0 aromatic heterocycles. The highest BCUT2D eigenvalue weighted by Crippen LogP contribution is 2.47. The van der Waals surface area contributed by atoms with Gasteiger partial charge in [-0.15, -0.1) is 0 Å². The molecule has 0 fully saturated rings. The molecular formula is C17H21N3O3S. The van der Waals surface area contributed by atoms with Crippen molar-refractivity contribution in [2.45, 2.75) is 24.8 Å². The number of benzene rings is 2. The van der Waals surface area contributed by atoms with Crippen molar-refractivity contribution in [1.29, 1.82) is 0 Å². The first-order valence-corrected chi connectivity index (χ1v) is 9.32. The second-order valence-corrected chi connectivity index (χ2v) is 7.43. The van der Waals surface area contributed by atoms with Gasteiger partial charge in [0.25, 0.3) is 4.99 Å². The van der Waals surface area contributed by atoms with Crippen molar-refractivity contribution in [3.8, 4) is 0 Å². The number of nitrogens with one attached hydrogen (secondary N) is 1. The van der Waals surface area contributed by atoms with E-state index in [2.05, 4.69) is 5.32 Å². The zero-order valence-electron chi connectivity index (χ0n) is 13.4. The van der Waals surface area contributed by atoms with Crippen LogP contribution in [0.4, 0.5) is 17.1 Å². The molecule has 0 saturated heterocycles. The molecule has 7 heteroatoms.